The van der Waals surface area contributed by atoms with E-state index in [9.17, 15) is 14.4 Å². The molecule has 0 saturated carbocycles. The molecule has 1 saturated heterocycles. The molecule has 7 nitrogen and oxygen atoms in total. The van der Waals surface area contributed by atoms with Gasteiger partial charge in [-0.25, -0.2) is 4.79 Å². The van der Waals surface area contributed by atoms with Gasteiger partial charge in [-0.1, -0.05) is 43.6 Å². The molecule has 8 heteroatoms. The fraction of sp³-hybridized carbons (Fsp3) is 0.348. The number of benzene rings is 2. The van der Waals surface area contributed by atoms with Crippen LogP contribution in [0.1, 0.15) is 59.5 Å². The van der Waals surface area contributed by atoms with Gasteiger partial charge in [0.05, 0.1) is 12.7 Å². The molecule has 1 aliphatic rings. The van der Waals surface area contributed by atoms with Gasteiger partial charge in [0.1, 0.15) is 6.17 Å². The first-order chi connectivity index (χ1) is 14.8. The molecule has 0 spiro atoms. The summed E-state index contributed by atoms with van der Waals surface area (Å²) in [5, 5.41) is 9.73. The Morgan fingerprint density at radius 1 is 1.19 bits per heavy atom. The van der Waals surface area contributed by atoms with Crippen molar-refractivity contribution in [2.45, 2.75) is 39.0 Å². The Labute approximate surface area is 186 Å². The highest BCUT2D eigenvalue weighted by Crippen LogP contribution is 2.30. The fourth-order valence-corrected chi connectivity index (χ4v) is 3.60. The van der Waals surface area contributed by atoms with Crippen molar-refractivity contribution in [2.75, 3.05) is 7.11 Å². The van der Waals surface area contributed by atoms with Crippen molar-refractivity contribution >= 4 is 29.4 Å². The minimum absolute atomic E-state index is 0.0314. The minimum Gasteiger partial charge on any atom is -0.465 e. The van der Waals surface area contributed by atoms with E-state index in [1.54, 1.807) is 30.3 Å². The molecule has 164 valence electrons. The van der Waals surface area contributed by atoms with Gasteiger partial charge < -0.3 is 15.4 Å². The van der Waals surface area contributed by atoms with Crippen LogP contribution in [0.4, 0.5) is 0 Å². The smallest absolute Gasteiger partial charge is 0.337 e. The summed E-state index contributed by atoms with van der Waals surface area (Å²) in [7, 11) is 1.33. The number of carbonyl (C=O) groups excluding carboxylic acids is 3. The molecular weight excluding hydrogens is 418 g/mol. The predicted molar refractivity (Wildman–Crippen MR) is 117 cm³/mol. The van der Waals surface area contributed by atoms with Crippen LogP contribution in [0.2, 0.25) is 5.02 Å². The zero-order valence-electron chi connectivity index (χ0n) is 17.7. The lowest BCUT2D eigenvalue weighted by molar-refractivity contribution is -0.125. The van der Waals surface area contributed by atoms with Crippen molar-refractivity contribution in [1.82, 2.24) is 16.0 Å². The molecule has 0 aliphatic carbocycles. The number of ether oxygens (including phenoxy) is 1. The van der Waals surface area contributed by atoms with Crippen LogP contribution in [0.5, 0.6) is 0 Å². The first kappa shape index (κ1) is 22.8. The van der Waals surface area contributed by atoms with Gasteiger partial charge in [-0.15, -0.1) is 0 Å². The van der Waals surface area contributed by atoms with E-state index in [4.69, 9.17) is 16.3 Å². The number of rotatable bonds is 6. The molecule has 31 heavy (non-hydrogen) atoms. The Bertz CT molecular complexity index is 975. The predicted octanol–water partition coefficient (Wildman–Crippen LogP) is 3.25. The Morgan fingerprint density at radius 2 is 1.90 bits per heavy atom. The van der Waals surface area contributed by atoms with E-state index in [-0.39, 0.29) is 30.2 Å². The molecule has 2 aromatic rings. The number of esters is 1. The SMILES string of the molecule is COC(=O)c1ccc(C2CC(=O)NC(c3cc(CNC(=O)C(C)C)ccc3Cl)N2)cc1. The summed E-state index contributed by atoms with van der Waals surface area (Å²) in [5.74, 6) is -0.652. The van der Waals surface area contributed by atoms with E-state index in [1.165, 1.54) is 7.11 Å². The maximum absolute atomic E-state index is 12.4. The van der Waals surface area contributed by atoms with Crippen molar-refractivity contribution in [1.29, 1.82) is 0 Å². The summed E-state index contributed by atoms with van der Waals surface area (Å²) in [6.45, 7) is 4.05. The van der Waals surface area contributed by atoms with Gasteiger partial charge in [0, 0.05) is 35.5 Å². The topological polar surface area (TPSA) is 96.5 Å². The van der Waals surface area contributed by atoms with Crippen LogP contribution in [0.15, 0.2) is 42.5 Å². The van der Waals surface area contributed by atoms with E-state index in [0.717, 1.165) is 16.7 Å². The third-order valence-corrected chi connectivity index (χ3v) is 5.50. The lowest BCUT2D eigenvalue weighted by atomic mass is 9.97. The third-order valence-electron chi connectivity index (χ3n) is 5.16. The molecule has 1 heterocycles. The lowest BCUT2D eigenvalue weighted by Crippen LogP contribution is -2.46. The Morgan fingerprint density at radius 3 is 2.55 bits per heavy atom. The second kappa shape index (κ2) is 9.94. The molecule has 1 aliphatic heterocycles. The molecule has 3 N–H and O–H groups in total. The Hall–Kier alpha value is -2.90. The first-order valence-electron chi connectivity index (χ1n) is 10.1. The number of nitrogens with one attached hydrogen (secondary N) is 3. The van der Waals surface area contributed by atoms with Gasteiger partial charge in [-0.3, -0.25) is 14.9 Å². The van der Waals surface area contributed by atoms with Gasteiger partial charge in [0.15, 0.2) is 0 Å². The normalized spacial score (nSPS) is 18.4. The molecule has 0 radical (unpaired) electrons. The largest absolute Gasteiger partial charge is 0.465 e. The van der Waals surface area contributed by atoms with Crippen molar-refractivity contribution < 1.29 is 19.1 Å². The maximum atomic E-state index is 12.4. The number of carbonyl (C=O) groups is 3. The quantitative estimate of drug-likeness (QED) is 0.595. The van der Waals surface area contributed by atoms with Crippen LogP contribution < -0.4 is 16.0 Å². The second-order valence-corrected chi connectivity index (χ2v) is 8.17. The first-order valence-corrected chi connectivity index (χ1v) is 10.5. The minimum atomic E-state index is -0.486. The van der Waals surface area contributed by atoms with E-state index >= 15 is 0 Å². The highest BCUT2D eigenvalue weighted by atomic mass is 35.5. The van der Waals surface area contributed by atoms with E-state index in [2.05, 4.69) is 16.0 Å². The van der Waals surface area contributed by atoms with Gasteiger partial charge in [-0.05, 0) is 35.4 Å². The van der Waals surface area contributed by atoms with Gasteiger partial charge in [0.2, 0.25) is 11.8 Å². The second-order valence-electron chi connectivity index (χ2n) is 7.77. The van der Waals surface area contributed by atoms with Crippen molar-refractivity contribution in [3.05, 3.63) is 69.7 Å². The summed E-state index contributed by atoms with van der Waals surface area (Å²) in [4.78, 5) is 35.9. The highest BCUT2D eigenvalue weighted by molar-refractivity contribution is 6.31. The van der Waals surface area contributed by atoms with E-state index in [1.807, 2.05) is 26.0 Å². The van der Waals surface area contributed by atoms with Gasteiger partial charge in [0.25, 0.3) is 0 Å². The zero-order valence-corrected chi connectivity index (χ0v) is 18.5. The molecule has 0 aromatic heterocycles. The molecule has 3 rings (SSSR count). The maximum Gasteiger partial charge on any atom is 0.337 e. The molecular formula is C23H26ClN3O4. The number of amides is 2. The average Bonchev–Trinajstić information content (AvgIpc) is 2.77. The highest BCUT2D eigenvalue weighted by Gasteiger charge is 2.29. The molecule has 2 aromatic carbocycles. The average molecular weight is 444 g/mol. The van der Waals surface area contributed by atoms with Crippen LogP contribution in [0, 0.1) is 5.92 Å². The van der Waals surface area contributed by atoms with Crippen molar-refractivity contribution in [2.24, 2.45) is 5.92 Å². The number of methoxy groups -OCH3 is 1. The monoisotopic (exact) mass is 443 g/mol. The summed E-state index contributed by atoms with van der Waals surface area (Å²) < 4.78 is 4.73. The van der Waals surface area contributed by atoms with Crippen LogP contribution >= 0.6 is 11.6 Å². The Balaban J connectivity index is 1.78. The summed E-state index contributed by atoms with van der Waals surface area (Å²) >= 11 is 6.43. The van der Waals surface area contributed by atoms with Gasteiger partial charge >= 0.3 is 5.97 Å². The third kappa shape index (κ3) is 5.62. The zero-order chi connectivity index (χ0) is 22.5. The van der Waals surface area contributed by atoms with E-state index < -0.39 is 12.1 Å². The molecule has 0 bridgehead atoms. The standard InChI is InChI=1S/C23H26ClN3O4/c1-13(2)22(29)25-12-14-4-9-18(24)17(10-14)21-26-19(11-20(28)27-21)15-5-7-16(8-6-15)23(30)31-3/h4-10,13,19,21,26H,11-12H2,1-3H3,(H,25,29)(H,27,28). The summed E-state index contributed by atoms with van der Waals surface area (Å²) in [6.07, 6.45) is -0.227. The summed E-state index contributed by atoms with van der Waals surface area (Å²) in [5.41, 5.74) is 2.93. The fourth-order valence-electron chi connectivity index (χ4n) is 3.38. The van der Waals surface area contributed by atoms with Crippen molar-refractivity contribution in [3.8, 4) is 0 Å². The van der Waals surface area contributed by atoms with Crippen LogP contribution in [-0.2, 0) is 20.9 Å². The van der Waals surface area contributed by atoms with E-state index in [0.29, 0.717) is 17.1 Å². The van der Waals surface area contributed by atoms with Crippen molar-refractivity contribution in [3.63, 3.8) is 0 Å². The number of halogens is 1. The number of hydrogen-bond donors (Lipinski definition) is 3. The van der Waals surface area contributed by atoms with Crippen LogP contribution in [0.3, 0.4) is 0 Å². The molecule has 2 atom stereocenters. The molecule has 1 fully saturated rings. The molecule has 2 amide bonds. The molecule has 2 unspecified atom stereocenters. The van der Waals surface area contributed by atoms with Crippen LogP contribution in [0.25, 0.3) is 0 Å². The van der Waals surface area contributed by atoms with Gasteiger partial charge in [-0.2, -0.15) is 0 Å². The summed E-state index contributed by atoms with van der Waals surface area (Å²) in [6, 6.07) is 12.2. The Kier molecular flexibility index (Phi) is 7.30. The lowest BCUT2D eigenvalue weighted by Gasteiger charge is -2.33. The number of hydrogen-bond acceptors (Lipinski definition) is 5. The van der Waals surface area contributed by atoms with Crippen LogP contribution in [-0.4, -0.2) is 24.9 Å².